The molecule has 0 bridgehead atoms. The van der Waals surface area contributed by atoms with E-state index in [4.69, 9.17) is 0 Å². The van der Waals surface area contributed by atoms with Crippen LogP contribution >= 0.6 is 0 Å². The van der Waals surface area contributed by atoms with Gasteiger partial charge in [-0.1, -0.05) is 6.07 Å². The summed E-state index contributed by atoms with van der Waals surface area (Å²) in [6, 6.07) is 6.02. The van der Waals surface area contributed by atoms with Gasteiger partial charge in [0.1, 0.15) is 0 Å². The Hall–Kier alpha value is -2.30. The lowest BCUT2D eigenvalue weighted by molar-refractivity contribution is 0.102. The molecular weight excluding hydrogens is 252 g/mol. The number of nitrogens with one attached hydrogen (secondary N) is 2. The topological polar surface area (TPSA) is 59.0 Å². The normalized spacial score (nSPS) is 13.4. The summed E-state index contributed by atoms with van der Waals surface area (Å²) < 4.78 is 1.74. The van der Waals surface area contributed by atoms with Crippen molar-refractivity contribution in [2.24, 2.45) is 0 Å². The number of hydrogen-bond donors (Lipinski definition) is 2. The zero-order valence-electron chi connectivity index (χ0n) is 11.5. The number of amides is 1. The first-order valence-electron chi connectivity index (χ1n) is 6.97. The number of aryl methyl sites for hydroxylation is 2. The number of carbonyl (C=O) groups is 1. The summed E-state index contributed by atoms with van der Waals surface area (Å²) in [7, 11) is 0. The molecule has 2 aromatic rings. The van der Waals surface area contributed by atoms with E-state index in [0.29, 0.717) is 5.56 Å². The maximum atomic E-state index is 12.1. The number of benzene rings is 1. The van der Waals surface area contributed by atoms with Crippen molar-refractivity contribution in [1.82, 2.24) is 9.78 Å². The first-order valence-corrected chi connectivity index (χ1v) is 6.97. The quantitative estimate of drug-likeness (QED) is 0.901. The Balaban J connectivity index is 1.75. The van der Waals surface area contributed by atoms with E-state index < -0.39 is 0 Å². The Bertz CT molecular complexity index is 633. The molecule has 0 saturated heterocycles. The fraction of sp³-hybridized carbons (Fsp3) is 0.333. The number of fused-ring (bicyclic) bond motifs is 1. The van der Waals surface area contributed by atoms with Crippen molar-refractivity contribution in [2.45, 2.75) is 26.3 Å². The van der Waals surface area contributed by atoms with Crippen LogP contribution in [0.2, 0.25) is 0 Å². The molecule has 5 nitrogen and oxygen atoms in total. The summed E-state index contributed by atoms with van der Waals surface area (Å²) in [6.45, 7) is 3.74. The highest BCUT2D eigenvalue weighted by atomic mass is 16.1. The third-order valence-corrected chi connectivity index (χ3v) is 3.53. The van der Waals surface area contributed by atoms with Crippen LogP contribution in [0, 0.1) is 0 Å². The Labute approximate surface area is 118 Å². The molecule has 0 spiro atoms. The second-order valence-corrected chi connectivity index (χ2v) is 4.94. The van der Waals surface area contributed by atoms with Gasteiger partial charge in [0.15, 0.2) is 0 Å². The van der Waals surface area contributed by atoms with Gasteiger partial charge in [0.2, 0.25) is 0 Å². The standard InChI is InChI=1S/C15H18N4O/c1-2-19-10-12(9-17-19)15(20)18-13-6-5-11-4-3-7-16-14(11)8-13/h5-6,8-10,16H,2-4,7H2,1H3,(H,18,20). The number of carbonyl (C=O) groups excluding carboxylic acids is 1. The molecule has 3 rings (SSSR count). The molecule has 0 aliphatic carbocycles. The van der Waals surface area contributed by atoms with Gasteiger partial charge >= 0.3 is 0 Å². The number of hydrogen-bond acceptors (Lipinski definition) is 3. The van der Waals surface area contributed by atoms with Crippen molar-refractivity contribution >= 4 is 17.3 Å². The van der Waals surface area contributed by atoms with Crippen molar-refractivity contribution in [1.29, 1.82) is 0 Å². The van der Waals surface area contributed by atoms with Crippen molar-refractivity contribution in [3.05, 3.63) is 41.7 Å². The monoisotopic (exact) mass is 270 g/mol. The van der Waals surface area contributed by atoms with Crippen LogP contribution in [0.15, 0.2) is 30.6 Å². The van der Waals surface area contributed by atoms with Crippen LogP contribution in [-0.2, 0) is 13.0 Å². The summed E-state index contributed by atoms with van der Waals surface area (Å²) in [5, 5.41) is 10.4. The van der Waals surface area contributed by atoms with Gasteiger partial charge in [0.05, 0.1) is 11.8 Å². The lowest BCUT2D eigenvalue weighted by Crippen LogP contribution is -2.14. The zero-order chi connectivity index (χ0) is 13.9. The Morgan fingerprint density at radius 3 is 3.20 bits per heavy atom. The van der Waals surface area contributed by atoms with Gasteiger partial charge in [-0.2, -0.15) is 5.10 Å². The minimum atomic E-state index is -0.125. The fourth-order valence-electron chi connectivity index (χ4n) is 2.40. The molecule has 1 aliphatic rings. The van der Waals surface area contributed by atoms with E-state index in [1.165, 1.54) is 5.56 Å². The summed E-state index contributed by atoms with van der Waals surface area (Å²) in [5.74, 6) is -0.125. The van der Waals surface area contributed by atoms with Crippen molar-refractivity contribution < 1.29 is 4.79 Å². The zero-order valence-corrected chi connectivity index (χ0v) is 11.5. The summed E-state index contributed by atoms with van der Waals surface area (Å²) >= 11 is 0. The fourth-order valence-corrected chi connectivity index (χ4v) is 2.40. The third kappa shape index (κ3) is 2.52. The molecule has 0 unspecified atom stereocenters. The average Bonchev–Trinajstić information content (AvgIpc) is 2.96. The Kier molecular flexibility index (Phi) is 3.41. The molecule has 1 aromatic heterocycles. The largest absolute Gasteiger partial charge is 0.385 e. The molecule has 2 N–H and O–H groups in total. The highest BCUT2D eigenvalue weighted by molar-refractivity contribution is 6.04. The number of rotatable bonds is 3. The summed E-state index contributed by atoms with van der Waals surface area (Å²) in [6.07, 6.45) is 5.61. The SMILES string of the molecule is CCn1cc(C(=O)Nc2ccc3c(c2)NCCC3)cn1. The molecule has 0 atom stereocenters. The second-order valence-electron chi connectivity index (χ2n) is 4.94. The highest BCUT2D eigenvalue weighted by Gasteiger charge is 2.12. The number of aromatic nitrogens is 2. The predicted molar refractivity (Wildman–Crippen MR) is 79.1 cm³/mol. The minimum absolute atomic E-state index is 0.125. The van der Waals surface area contributed by atoms with Gasteiger partial charge in [0.25, 0.3) is 5.91 Å². The molecule has 5 heteroatoms. The molecular formula is C15H18N4O. The maximum absolute atomic E-state index is 12.1. The molecule has 104 valence electrons. The van der Waals surface area contributed by atoms with Gasteiger partial charge in [-0.05, 0) is 37.5 Å². The molecule has 1 aliphatic heterocycles. The van der Waals surface area contributed by atoms with Crippen LogP contribution in [0.25, 0.3) is 0 Å². The molecule has 1 aromatic carbocycles. The molecule has 20 heavy (non-hydrogen) atoms. The van der Waals surface area contributed by atoms with E-state index in [-0.39, 0.29) is 5.91 Å². The Morgan fingerprint density at radius 2 is 2.40 bits per heavy atom. The molecule has 0 saturated carbocycles. The lowest BCUT2D eigenvalue weighted by Gasteiger charge is -2.18. The van der Waals surface area contributed by atoms with E-state index in [1.807, 2.05) is 19.1 Å². The lowest BCUT2D eigenvalue weighted by atomic mass is 10.0. The van der Waals surface area contributed by atoms with Gasteiger partial charge in [-0.25, -0.2) is 0 Å². The van der Waals surface area contributed by atoms with Crippen molar-refractivity contribution in [3.8, 4) is 0 Å². The van der Waals surface area contributed by atoms with Crippen LogP contribution in [0.5, 0.6) is 0 Å². The molecule has 0 fully saturated rings. The van der Waals surface area contributed by atoms with Crippen molar-refractivity contribution in [3.63, 3.8) is 0 Å². The van der Waals surface area contributed by atoms with Crippen LogP contribution in [0.4, 0.5) is 11.4 Å². The van der Waals surface area contributed by atoms with E-state index >= 15 is 0 Å². The van der Waals surface area contributed by atoms with E-state index in [1.54, 1.807) is 17.1 Å². The van der Waals surface area contributed by atoms with E-state index in [9.17, 15) is 4.79 Å². The summed E-state index contributed by atoms with van der Waals surface area (Å²) in [5.41, 5.74) is 3.83. The smallest absolute Gasteiger partial charge is 0.258 e. The molecule has 1 amide bonds. The first-order chi connectivity index (χ1) is 9.76. The van der Waals surface area contributed by atoms with E-state index in [0.717, 1.165) is 37.3 Å². The van der Waals surface area contributed by atoms with Crippen LogP contribution < -0.4 is 10.6 Å². The first kappa shape index (κ1) is 12.7. The van der Waals surface area contributed by atoms with Crippen LogP contribution in [0.1, 0.15) is 29.3 Å². The maximum Gasteiger partial charge on any atom is 0.258 e. The van der Waals surface area contributed by atoms with Gasteiger partial charge in [-0.3, -0.25) is 9.48 Å². The van der Waals surface area contributed by atoms with Crippen molar-refractivity contribution in [2.75, 3.05) is 17.2 Å². The predicted octanol–water partition coefficient (Wildman–Crippen LogP) is 2.51. The van der Waals surface area contributed by atoms with Crippen LogP contribution in [-0.4, -0.2) is 22.2 Å². The number of anilines is 2. The Morgan fingerprint density at radius 1 is 1.50 bits per heavy atom. The van der Waals surface area contributed by atoms with Crippen LogP contribution in [0.3, 0.4) is 0 Å². The summed E-state index contributed by atoms with van der Waals surface area (Å²) in [4.78, 5) is 12.1. The minimum Gasteiger partial charge on any atom is -0.385 e. The third-order valence-electron chi connectivity index (χ3n) is 3.53. The molecule has 2 heterocycles. The van der Waals surface area contributed by atoms with E-state index in [2.05, 4.69) is 21.8 Å². The number of nitrogens with zero attached hydrogens (tertiary/aromatic N) is 2. The van der Waals surface area contributed by atoms with Gasteiger partial charge < -0.3 is 10.6 Å². The van der Waals surface area contributed by atoms with Gasteiger partial charge in [0, 0.05) is 30.7 Å². The average molecular weight is 270 g/mol. The molecule has 0 radical (unpaired) electrons. The highest BCUT2D eigenvalue weighted by Crippen LogP contribution is 2.25. The van der Waals surface area contributed by atoms with Gasteiger partial charge in [-0.15, -0.1) is 0 Å². The second kappa shape index (κ2) is 5.36.